The molecule has 1 N–H and O–H groups in total. The zero-order chi connectivity index (χ0) is 33.6. The molecule has 0 spiro atoms. The number of carbonyl (C=O) groups is 2. The molecule has 4 aromatic rings. The van der Waals surface area contributed by atoms with Crippen molar-refractivity contribution in [3.05, 3.63) is 130 Å². The molecule has 7 nitrogen and oxygen atoms in total. The highest BCUT2D eigenvalue weighted by Gasteiger charge is 2.36. The lowest BCUT2D eigenvalue weighted by molar-refractivity contribution is -0.140. The van der Waals surface area contributed by atoms with Crippen LogP contribution in [-0.4, -0.2) is 43.3 Å². The van der Waals surface area contributed by atoms with Gasteiger partial charge >= 0.3 is 0 Å². The normalized spacial score (nSPS) is 12.3. The molecule has 0 bridgehead atoms. The predicted molar refractivity (Wildman–Crippen MR) is 181 cm³/mol. The highest BCUT2D eigenvalue weighted by atomic mass is 35.5. The topological polar surface area (TPSA) is 86.8 Å². The second-order valence-corrected chi connectivity index (χ2v) is 14.6. The Bertz CT molecular complexity index is 1780. The van der Waals surface area contributed by atoms with Gasteiger partial charge in [0.05, 0.1) is 10.6 Å². The molecule has 0 heterocycles. The molecule has 11 heteroatoms. The maximum absolute atomic E-state index is 15.3. The molecule has 2 amide bonds. The summed E-state index contributed by atoms with van der Waals surface area (Å²) in [5, 5.41) is 3.48. The molecule has 0 aliphatic carbocycles. The van der Waals surface area contributed by atoms with Gasteiger partial charge in [0.1, 0.15) is 18.4 Å². The van der Waals surface area contributed by atoms with E-state index in [-0.39, 0.29) is 33.6 Å². The highest BCUT2D eigenvalue weighted by molar-refractivity contribution is 7.92. The average molecular weight is 685 g/mol. The predicted octanol–water partition coefficient (Wildman–Crippen LogP) is 7.19. The third-order valence-corrected chi connectivity index (χ3v) is 9.65. The highest BCUT2D eigenvalue weighted by Crippen LogP contribution is 2.30. The van der Waals surface area contributed by atoms with E-state index >= 15 is 4.39 Å². The van der Waals surface area contributed by atoms with Gasteiger partial charge < -0.3 is 10.2 Å². The Labute approximate surface area is 280 Å². The molecule has 4 aromatic carbocycles. The molecular weight excluding hydrogens is 648 g/mol. The number of nitrogens with one attached hydrogen (secondary N) is 1. The lowest BCUT2D eigenvalue weighted by atomic mass is 10.0. The summed E-state index contributed by atoms with van der Waals surface area (Å²) in [6, 6.07) is 24.2. The van der Waals surface area contributed by atoms with Gasteiger partial charge in [-0.25, -0.2) is 12.8 Å². The molecule has 0 saturated carbocycles. The fraction of sp³-hybridized carbons (Fsp3) is 0.257. The van der Waals surface area contributed by atoms with Crippen LogP contribution in [0.15, 0.2) is 102 Å². The largest absolute Gasteiger partial charge is 0.350 e. The third kappa shape index (κ3) is 8.66. The molecule has 0 aliphatic rings. The van der Waals surface area contributed by atoms with Gasteiger partial charge in [-0.1, -0.05) is 89.4 Å². The van der Waals surface area contributed by atoms with Gasteiger partial charge in [0, 0.05) is 34.1 Å². The van der Waals surface area contributed by atoms with Crippen LogP contribution in [0.1, 0.15) is 37.5 Å². The van der Waals surface area contributed by atoms with Crippen LogP contribution in [0.3, 0.4) is 0 Å². The Morgan fingerprint density at radius 2 is 1.43 bits per heavy atom. The van der Waals surface area contributed by atoms with Crippen LogP contribution in [0.2, 0.25) is 10.0 Å². The van der Waals surface area contributed by atoms with Crippen molar-refractivity contribution in [2.24, 2.45) is 0 Å². The van der Waals surface area contributed by atoms with E-state index in [1.165, 1.54) is 35.2 Å². The minimum atomic E-state index is -4.45. The number of benzene rings is 4. The minimum absolute atomic E-state index is 0.0982. The van der Waals surface area contributed by atoms with Crippen LogP contribution in [0.4, 0.5) is 10.1 Å². The summed E-state index contributed by atoms with van der Waals surface area (Å²) in [6.07, 6.45) is 0.0982. The summed E-state index contributed by atoms with van der Waals surface area (Å²) in [5.41, 5.74) is 0.990. The molecule has 0 fully saturated rings. The Balaban J connectivity index is 1.86. The summed E-state index contributed by atoms with van der Waals surface area (Å²) in [6.45, 7) is 6.22. The van der Waals surface area contributed by atoms with Gasteiger partial charge in [0.2, 0.25) is 11.8 Å². The monoisotopic (exact) mass is 683 g/mol. The van der Waals surface area contributed by atoms with Crippen LogP contribution in [0.5, 0.6) is 0 Å². The van der Waals surface area contributed by atoms with Gasteiger partial charge in [-0.3, -0.25) is 13.9 Å². The number of aryl methyl sites for hydroxylation is 1. The number of rotatable bonds is 11. The molecule has 0 aliphatic heterocycles. The number of amides is 2. The van der Waals surface area contributed by atoms with Crippen LogP contribution in [0.25, 0.3) is 0 Å². The minimum Gasteiger partial charge on any atom is -0.350 e. The Hall–Kier alpha value is -3.92. The summed E-state index contributed by atoms with van der Waals surface area (Å²) >= 11 is 13.1. The van der Waals surface area contributed by atoms with Crippen LogP contribution >= 0.6 is 23.2 Å². The summed E-state index contributed by atoms with van der Waals surface area (Å²) in [5.74, 6) is -2.07. The van der Waals surface area contributed by atoms with Crippen LogP contribution in [-0.2, 0) is 32.6 Å². The van der Waals surface area contributed by atoms with Crippen molar-refractivity contribution < 1.29 is 22.4 Å². The maximum Gasteiger partial charge on any atom is 0.264 e. The van der Waals surface area contributed by atoms with Crippen molar-refractivity contribution in [3.63, 3.8) is 0 Å². The van der Waals surface area contributed by atoms with Crippen molar-refractivity contribution in [1.29, 1.82) is 0 Å². The fourth-order valence-corrected chi connectivity index (χ4v) is 6.80. The van der Waals surface area contributed by atoms with Crippen molar-refractivity contribution in [2.45, 2.75) is 57.1 Å². The molecular formula is C35H36Cl2FN3O4S. The smallest absolute Gasteiger partial charge is 0.264 e. The van der Waals surface area contributed by atoms with Gasteiger partial charge in [0.25, 0.3) is 10.0 Å². The van der Waals surface area contributed by atoms with Crippen LogP contribution in [0, 0.1) is 12.7 Å². The van der Waals surface area contributed by atoms with E-state index in [4.69, 9.17) is 23.2 Å². The molecule has 4 rings (SSSR count). The molecule has 0 unspecified atom stereocenters. The van der Waals surface area contributed by atoms with E-state index in [9.17, 15) is 18.0 Å². The van der Waals surface area contributed by atoms with Crippen molar-refractivity contribution >= 4 is 50.7 Å². The maximum atomic E-state index is 15.3. The first-order chi connectivity index (χ1) is 21.7. The zero-order valence-corrected chi connectivity index (χ0v) is 28.3. The number of halogens is 3. The van der Waals surface area contributed by atoms with Crippen LogP contribution < -0.4 is 9.62 Å². The van der Waals surface area contributed by atoms with E-state index in [0.29, 0.717) is 5.56 Å². The molecule has 1 atom stereocenters. The van der Waals surface area contributed by atoms with Gasteiger partial charge in [-0.05, 0) is 69.7 Å². The van der Waals surface area contributed by atoms with E-state index in [2.05, 4.69) is 5.32 Å². The Morgan fingerprint density at radius 1 is 0.848 bits per heavy atom. The second-order valence-electron chi connectivity index (χ2n) is 11.9. The standard InChI is InChI=1S/C35H36Cl2FN3O4S/c1-24-17-19-26(20-18-24)46(44,45)41(31-16-9-8-15-30(31)38)23-33(42)40(22-27-28(36)13-10-14-29(27)37)32(34(43)39-35(2,3)4)21-25-11-6-5-7-12-25/h5-20,32H,21-23H2,1-4H3,(H,39,43)/t32-/m0/s1. The van der Waals surface area contributed by atoms with E-state index in [1.807, 2.05) is 58.0 Å². The number of para-hydroxylation sites is 1. The summed E-state index contributed by atoms with van der Waals surface area (Å²) in [7, 11) is -4.45. The fourth-order valence-electron chi connectivity index (χ4n) is 4.87. The first-order valence-electron chi connectivity index (χ1n) is 14.6. The number of anilines is 1. The number of hydrogen-bond donors (Lipinski definition) is 1. The summed E-state index contributed by atoms with van der Waals surface area (Å²) in [4.78, 5) is 29.6. The SMILES string of the molecule is Cc1ccc(S(=O)(=O)N(CC(=O)N(Cc2c(Cl)cccc2Cl)[C@@H](Cc2ccccc2)C(=O)NC(C)(C)C)c2ccccc2F)cc1. The van der Waals surface area contributed by atoms with E-state index in [0.717, 1.165) is 21.5 Å². The Kier molecular flexibility index (Phi) is 11.1. The van der Waals surface area contributed by atoms with Gasteiger partial charge in [-0.2, -0.15) is 0 Å². The first kappa shape index (κ1) is 34.9. The molecule has 0 saturated heterocycles. The number of carbonyl (C=O) groups excluding carboxylic acids is 2. The second kappa shape index (κ2) is 14.7. The third-order valence-electron chi connectivity index (χ3n) is 7.17. The number of nitrogens with zero attached hydrogens (tertiary/aromatic N) is 2. The molecule has 242 valence electrons. The van der Waals surface area contributed by atoms with Crippen molar-refractivity contribution in [2.75, 3.05) is 10.8 Å². The number of sulfonamides is 1. The Morgan fingerprint density at radius 3 is 2.02 bits per heavy atom. The van der Waals surface area contributed by atoms with E-state index < -0.39 is 45.8 Å². The molecule has 0 aromatic heterocycles. The first-order valence-corrected chi connectivity index (χ1v) is 16.8. The number of hydrogen-bond acceptors (Lipinski definition) is 4. The van der Waals surface area contributed by atoms with Gasteiger partial charge in [-0.15, -0.1) is 0 Å². The van der Waals surface area contributed by atoms with Crippen molar-refractivity contribution in [3.8, 4) is 0 Å². The van der Waals surface area contributed by atoms with E-state index in [1.54, 1.807) is 30.3 Å². The summed E-state index contributed by atoms with van der Waals surface area (Å²) < 4.78 is 44.2. The lowest BCUT2D eigenvalue weighted by Gasteiger charge is -2.35. The van der Waals surface area contributed by atoms with Crippen molar-refractivity contribution in [1.82, 2.24) is 10.2 Å². The average Bonchev–Trinajstić information content (AvgIpc) is 2.99. The zero-order valence-electron chi connectivity index (χ0n) is 26.0. The van der Waals surface area contributed by atoms with Gasteiger partial charge in [0.15, 0.2) is 0 Å². The molecule has 0 radical (unpaired) electrons. The molecule has 46 heavy (non-hydrogen) atoms. The quantitative estimate of drug-likeness (QED) is 0.181. The lowest BCUT2D eigenvalue weighted by Crippen LogP contribution is -2.56.